The van der Waals surface area contributed by atoms with Crippen LogP contribution in [0.4, 0.5) is 11.5 Å². The van der Waals surface area contributed by atoms with Gasteiger partial charge in [0.1, 0.15) is 12.0 Å². The number of likely N-dealkylation sites (N-methyl/N-ethyl adjacent to an activating group) is 1. The standard InChI is InChI=1S/C14H20N4O.C9H8N2O.C2H4O.C2H6/c1-4-15-14(19)11-7-9(2)12-13(16-11)17(3)10-5-6-18(12)8-10;1-7-11-6-9(12-7)8-2-4-10-5-3-8;1-2-3;1-2/h7,10H,4-6,8H2,1-3H3,(H,15,19);2-6H,1H3;2H,1H3;1-2H3. The van der Waals surface area contributed by atoms with Gasteiger partial charge in [-0.15, -0.1) is 0 Å². The molecule has 1 amide bonds. The van der Waals surface area contributed by atoms with E-state index >= 15 is 0 Å². The zero-order valence-electron chi connectivity index (χ0n) is 22.4. The van der Waals surface area contributed by atoms with E-state index in [0.717, 1.165) is 42.1 Å². The predicted octanol–water partition coefficient (Wildman–Crippen LogP) is 4.44. The Kier molecular flexibility index (Phi) is 11.1. The van der Waals surface area contributed by atoms with Crippen LogP contribution < -0.4 is 15.1 Å². The fourth-order valence-electron chi connectivity index (χ4n) is 4.10. The molecular formula is C27H38N6O3. The average Bonchev–Trinajstić information content (AvgIpc) is 3.53. The monoisotopic (exact) mass is 494 g/mol. The van der Waals surface area contributed by atoms with Gasteiger partial charge in [0, 0.05) is 57.6 Å². The van der Waals surface area contributed by atoms with E-state index in [0.29, 0.717) is 24.2 Å². The molecule has 0 saturated carbocycles. The number of fused-ring (bicyclic) bond motifs is 4. The summed E-state index contributed by atoms with van der Waals surface area (Å²) < 4.78 is 5.33. The molecule has 2 aliphatic rings. The van der Waals surface area contributed by atoms with Gasteiger partial charge in [0.2, 0.25) is 0 Å². The van der Waals surface area contributed by atoms with Gasteiger partial charge < -0.3 is 24.3 Å². The van der Waals surface area contributed by atoms with Crippen LogP contribution >= 0.6 is 0 Å². The Balaban J connectivity index is 0.000000230. The first-order valence-electron chi connectivity index (χ1n) is 12.4. The number of rotatable bonds is 3. The molecule has 0 aromatic carbocycles. The molecule has 1 atom stereocenters. The van der Waals surface area contributed by atoms with Crippen LogP contribution in [0.15, 0.2) is 41.2 Å². The molecule has 9 heteroatoms. The number of hydrogen-bond donors (Lipinski definition) is 1. The second-order valence-corrected chi connectivity index (χ2v) is 8.07. The van der Waals surface area contributed by atoms with Gasteiger partial charge in [0.25, 0.3) is 5.91 Å². The van der Waals surface area contributed by atoms with Crippen molar-refractivity contribution in [1.29, 1.82) is 0 Å². The molecule has 0 aliphatic carbocycles. The molecule has 2 bridgehead atoms. The number of pyridine rings is 2. The van der Waals surface area contributed by atoms with Gasteiger partial charge >= 0.3 is 0 Å². The second kappa shape index (κ2) is 14.0. The Hall–Kier alpha value is -3.75. The van der Waals surface area contributed by atoms with Crippen molar-refractivity contribution >= 4 is 23.7 Å². The summed E-state index contributed by atoms with van der Waals surface area (Å²) in [6.07, 6.45) is 7.09. The van der Waals surface area contributed by atoms with Crippen molar-refractivity contribution in [1.82, 2.24) is 20.3 Å². The van der Waals surface area contributed by atoms with Gasteiger partial charge in [0.15, 0.2) is 17.5 Å². The highest BCUT2D eigenvalue weighted by molar-refractivity contribution is 5.94. The van der Waals surface area contributed by atoms with Crippen molar-refractivity contribution in [2.75, 3.05) is 36.5 Å². The summed E-state index contributed by atoms with van der Waals surface area (Å²) in [5.41, 5.74) is 3.86. The van der Waals surface area contributed by atoms with Gasteiger partial charge in [-0.25, -0.2) is 9.97 Å². The molecule has 2 aliphatic heterocycles. The fraction of sp³-hybridized carbons (Fsp3) is 0.444. The number of amides is 1. The highest BCUT2D eigenvalue weighted by Gasteiger charge is 2.36. The molecule has 5 rings (SSSR count). The number of aromatic nitrogens is 3. The molecule has 3 aromatic heterocycles. The summed E-state index contributed by atoms with van der Waals surface area (Å²) >= 11 is 0. The third kappa shape index (κ3) is 6.90. The second-order valence-electron chi connectivity index (χ2n) is 8.07. The number of nitrogens with zero attached hydrogens (tertiary/aromatic N) is 5. The van der Waals surface area contributed by atoms with E-state index in [4.69, 9.17) is 9.21 Å². The zero-order chi connectivity index (χ0) is 26.7. The number of anilines is 2. The van der Waals surface area contributed by atoms with Crippen LogP contribution in [0.25, 0.3) is 11.3 Å². The fourth-order valence-corrected chi connectivity index (χ4v) is 4.10. The SMILES string of the molecule is CC.CC=O.CCNC(=O)c1cc(C)c2c(n1)N(C)C1CCN2C1.Cc1ncc(-c2ccncc2)o1. The molecule has 1 N–H and O–H groups in total. The number of aryl methyl sites for hydroxylation is 2. The summed E-state index contributed by atoms with van der Waals surface area (Å²) in [4.78, 5) is 37.9. The maximum atomic E-state index is 12.0. The molecule has 5 heterocycles. The number of carbonyl (C=O) groups is 2. The lowest BCUT2D eigenvalue weighted by Crippen LogP contribution is -2.41. The van der Waals surface area contributed by atoms with E-state index in [-0.39, 0.29) is 5.91 Å². The topological polar surface area (TPSA) is 104 Å². The minimum absolute atomic E-state index is 0.0882. The van der Waals surface area contributed by atoms with E-state index in [1.807, 2.05) is 45.9 Å². The maximum Gasteiger partial charge on any atom is 0.269 e. The Morgan fingerprint density at radius 1 is 1.25 bits per heavy atom. The number of hydrogen-bond acceptors (Lipinski definition) is 8. The van der Waals surface area contributed by atoms with Crippen molar-refractivity contribution in [2.45, 2.75) is 54.0 Å². The summed E-state index contributed by atoms with van der Waals surface area (Å²) in [6.45, 7) is 14.0. The van der Waals surface area contributed by atoms with E-state index in [2.05, 4.69) is 44.0 Å². The lowest BCUT2D eigenvalue weighted by atomic mass is 10.1. The van der Waals surface area contributed by atoms with E-state index in [9.17, 15) is 4.79 Å². The number of oxazole rings is 1. The van der Waals surface area contributed by atoms with Crippen molar-refractivity contribution in [3.63, 3.8) is 0 Å². The minimum atomic E-state index is -0.0882. The van der Waals surface area contributed by atoms with Gasteiger partial charge in [-0.2, -0.15) is 0 Å². The summed E-state index contributed by atoms with van der Waals surface area (Å²) in [5, 5.41) is 2.82. The lowest BCUT2D eigenvalue weighted by Gasteiger charge is -2.35. The van der Waals surface area contributed by atoms with Crippen molar-refractivity contribution in [3.05, 3.63) is 53.9 Å². The Morgan fingerprint density at radius 3 is 2.50 bits per heavy atom. The molecule has 3 aromatic rings. The Labute approximate surface area is 214 Å². The third-order valence-corrected chi connectivity index (χ3v) is 5.68. The molecule has 9 nitrogen and oxygen atoms in total. The molecule has 1 unspecified atom stereocenters. The largest absolute Gasteiger partial charge is 0.441 e. The summed E-state index contributed by atoms with van der Waals surface area (Å²) in [5.74, 6) is 2.33. The van der Waals surface area contributed by atoms with Crippen molar-refractivity contribution in [2.24, 2.45) is 0 Å². The Morgan fingerprint density at radius 2 is 1.92 bits per heavy atom. The zero-order valence-corrected chi connectivity index (χ0v) is 22.4. The van der Waals surface area contributed by atoms with E-state index < -0.39 is 0 Å². The van der Waals surface area contributed by atoms with Crippen LogP contribution in [0, 0.1) is 13.8 Å². The van der Waals surface area contributed by atoms with Crippen LogP contribution in [0.2, 0.25) is 0 Å². The first-order chi connectivity index (χ1) is 17.4. The molecule has 1 fully saturated rings. The van der Waals surface area contributed by atoms with Crippen LogP contribution in [-0.2, 0) is 4.79 Å². The van der Waals surface area contributed by atoms with Crippen LogP contribution in [0.3, 0.4) is 0 Å². The van der Waals surface area contributed by atoms with Crippen LogP contribution in [0.5, 0.6) is 0 Å². The molecule has 36 heavy (non-hydrogen) atoms. The van der Waals surface area contributed by atoms with Gasteiger partial charge in [0.05, 0.1) is 11.9 Å². The average molecular weight is 495 g/mol. The first kappa shape index (κ1) is 28.5. The smallest absolute Gasteiger partial charge is 0.269 e. The van der Waals surface area contributed by atoms with Gasteiger partial charge in [-0.3, -0.25) is 9.78 Å². The van der Waals surface area contributed by atoms with E-state index in [1.165, 1.54) is 19.0 Å². The number of aldehydes is 1. The quantitative estimate of drug-likeness (QED) is 0.533. The van der Waals surface area contributed by atoms with Crippen LogP contribution in [-0.4, -0.2) is 59.9 Å². The Bertz CT molecular complexity index is 1120. The minimum Gasteiger partial charge on any atom is -0.441 e. The van der Waals surface area contributed by atoms with E-state index in [1.54, 1.807) is 18.6 Å². The first-order valence-corrected chi connectivity index (χ1v) is 12.4. The lowest BCUT2D eigenvalue weighted by molar-refractivity contribution is -0.106. The van der Waals surface area contributed by atoms with Crippen molar-refractivity contribution in [3.8, 4) is 11.3 Å². The normalized spacial score (nSPS) is 14.7. The highest BCUT2D eigenvalue weighted by atomic mass is 16.4. The maximum absolute atomic E-state index is 12.0. The summed E-state index contributed by atoms with van der Waals surface area (Å²) in [7, 11) is 2.08. The molecular weight excluding hydrogens is 456 g/mol. The highest BCUT2D eigenvalue weighted by Crippen LogP contribution is 2.40. The number of carbonyl (C=O) groups excluding carboxylic acids is 2. The van der Waals surface area contributed by atoms with Gasteiger partial charge in [-0.05, 0) is 51.0 Å². The molecule has 0 spiro atoms. The van der Waals surface area contributed by atoms with Gasteiger partial charge in [-0.1, -0.05) is 13.8 Å². The van der Waals surface area contributed by atoms with Crippen LogP contribution in [0.1, 0.15) is 56.1 Å². The molecule has 194 valence electrons. The van der Waals surface area contributed by atoms with Crippen molar-refractivity contribution < 1.29 is 14.0 Å². The predicted molar refractivity (Wildman–Crippen MR) is 144 cm³/mol. The third-order valence-electron chi connectivity index (χ3n) is 5.68. The molecule has 1 saturated heterocycles. The molecule has 0 radical (unpaired) electrons. The summed E-state index contributed by atoms with van der Waals surface area (Å²) in [6, 6.07) is 6.21. The number of nitrogens with one attached hydrogen (secondary N) is 1.